The van der Waals surface area contributed by atoms with Gasteiger partial charge in [-0.25, -0.2) is 9.59 Å². The Morgan fingerprint density at radius 1 is 0.553 bits per heavy atom. The van der Waals surface area contributed by atoms with Gasteiger partial charge < -0.3 is 56.6 Å². The molecule has 2 aliphatic rings. The summed E-state index contributed by atoms with van der Waals surface area (Å²) >= 11 is 0. The Morgan fingerprint density at radius 3 is 1.32 bits per heavy atom. The summed E-state index contributed by atoms with van der Waals surface area (Å²) in [6.45, 7) is 13.7. The van der Waals surface area contributed by atoms with Gasteiger partial charge in [0, 0.05) is 58.8 Å². The van der Waals surface area contributed by atoms with Gasteiger partial charge in [0.15, 0.2) is 61.7 Å². The molecule has 1 N–H and O–H groups in total. The molecule has 8 rings (SSSR count). The number of ether oxygens (including phenoxy) is 9. The lowest BCUT2D eigenvalue weighted by molar-refractivity contribution is 0.0321. The van der Waals surface area contributed by atoms with Gasteiger partial charge in [0.05, 0.1) is 39.6 Å². The highest BCUT2D eigenvalue weighted by Gasteiger charge is 2.31. The maximum atomic E-state index is 14.0. The summed E-state index contributed by atoms with van der Waals surface area (Å²) in [6, 6.07) is 10.7. The number of ketones is 2. The topological polar surface area (TPSA) is 232 Å². The first-order valence-corrected chi connectivity index (χ1v) is 27.8. The zero-order chi connectivity index (χ0) is 55.2. The van der Waals surface area contributed by atoms with Crippen LogP contribution in [0.4, 0.5) is 0 Å². The van der Waals surface area contributed by atoms with Crippen molar-refractivity contribution in [3.05, 3.63) is 148 Å². The van der Waals surface area contributed by atoms with E-state index < -0.39 is 36.7 Å². The van der Waals surface area contributed by atoms with Crippen LogP contribution in [0.25, 0.3) is 33.1 Å². The predicted octanol–water partition coefficient (Wildman–Crippen LogP) is 9.59. The van der Waals surface area contributed by atoms with E-state index in [1.807, 2.05) is 6.92 Å². The summed E-state index contributed by atoms with van der Waals surface area (Å²) in [5.41, 5.74) is 4.46. The number of hydrogen-bond donors (Lipinski definition) is 1. The summed E-state index contributed by atoms with van der Waals surface area (Å²) in [5.74, 6) is -1.23. The molecular weight excluding hydrogens is 1000 g/mol. The molecule has 0 radical (unpaired) electrons. The standard InChI is InChI=1S/C31H36O9Si.C26H24O9/c1-18-12-26-28(27(19(18)2)31(34)37-10-11-41(5,6)7)30(33)23(15-38-26)21-9-8-20-13-24(39-16-35-3)25(40-17-36-4)14-22(20)29(21)32;1-13-7-21-23(22(14(13)2)26(29)30)25(28)18(10-33-21)16-6-5-15-8-19(34-11-31-3)20(35-12-32-4)9-17(15)24(16)27/h9,12-15H,8,10-11,16-17H2,1-7H3;6-10H,5,11-12H2,1-4H3,(H,29,30). The summed E-state index contributed by atoms with van der Waals surface area (Å²) in [7, 11) is 4.50. The summed E-state index contributed by atoms with van der Waals surface area (Å²) < 4.78 is 59.5. The number of rotatable bonds is 19. The third-order valence-corrected chi connectivity index (χ3v) is 14.7. The number of methoxy groups -OCH3 is 4. The second-order valence-electron chi connectivity index (χ2n) is 19.3. The van der Waals surface area contributed by atoms with Crippen LogP contribution in [0.2, 0.25) is 25.7 Å². The van der Waals surface area contributed by atoms with Crippen molar-refractivity contribution in [2.45, 2.75) is 66.2 Å². The number of allylic oxidation sites excluding steroid dienone is 4. The van der Waals surface area contributed by atoms with E-state index in [1.54, 1.807) is 63.3 Å². The van der Waals surface area contributed by atoms with Crippen molar-refractivity contribution in [1.29, 1.82) is 0 Å². The summed E-state index contributed by atoms with van der Waals surface area (Å²) in [4.78, 5) is 79.9. The lowest BCUT2D eigenvalue weighted by Gasteiger charge is -2.20. The molecule has 18 nitrogen and oxygen atoms in total. The lowest BCUT2D eigenvalue weighted by Crippen LogP contribution is -2.24. The van der Waals surface area contributed by atoms with Crippen molar-refractivity contribution in [1.82, 2.24) is 0 Å². The van der Waals surface area contributed by atoms with Crippen molar-refractivity contribution in [3.8, 4) is 23.0 Å². The van der Waals surface area contributed by atoms with Gasteiger partial charge in [0.2, 0.25) is 10.9 Å². The highest BCUT2D eigenvalue weighted by atomic mass is 28.3. The van der Waals surface area contributed by atoms with Crippen LogP contribution in [-0.4, -0.2) is 98.9 Å². The zero-order valence-corrected chi connectivity index (χ0v) is 45.3. The molecule has 2 aromatic heterocycles. The number of hydrogen-bond acceptors (Lipinski definition) is 17. The van der Waals surface area contributed by atoms with Crippen LogP contribution in [0, 0.1) is 27.7 Å². The van der Waals surface area contributed by atoms with E-state index in [0.29, 0.717) is 69.0 Å². The molecule has 6 aromatic rings. The van der Waals surface area contributed by atoms with Gasteiger partial charge in [0.1, 0.15) is 23.7 Å². The van der Waals surface area contributed by atoms with Crippen LogP contribution >= 0.6 is 0 Å². The lowest BCUT2D eigenvalue weighted by atomic mass is 9.86. The second-order valence-corrected chi connectivity index (χ2v) is 24.9. The molecule has 0 atom stereocenters. The molecule has 76 heavy (non-hydrogen) atoms. The number of fused-ring (bicyclic) bond motifs is 4. The molecule has 400 valence electrons. The average molecular weight is 1060 g/mol. The fraction of sp³-hybridized carbons (Fsp3) is 0.333. The molecule has 0 spiro atoms. The van der Waals surface area contributed by atoms with E-state index in [9.17, 15) is 33.9 Å². The number of esters is 1. The molecule has 0 bridgehead atoms. The van der Waals surface area contributed by atoms with Crippen LogP contribution in [0.5, 0.6) is 23.0 Å². The highest BCUT2D eigenvalue weighted by molar-refractivity contribution is 6.76. The van der Waals surface area contributed by atoms with Gasteiger partial charge in [-0.05, 0) is 116 Å². The minimum atomic E-state index is -1.44. The maximum Gasteiger partial charge on any atom is 0.339 e. The van der Waals surface area contributed by atoms with Gasteiger partial charge in [-0.1, -0.05) is 31.8 Å². The first-order chi connectivity index (χ1) is 36.2. The van der Waals surface area contributed by atoms with E-state index >= 15 is 0 Å². The van der Waals surface area contributed by atoms with Crippen molar-refractivity contribution >= 4 is 64.7 Å². The molecule has 0 aliphatic heterocycles. The minimum absolute atomic E-state index is 0.00188. The fourth-order valence-corrected chi connectivity index (χ4v) is 9.43. The first kappa shape index (κ1) is 56.1. The van der Waals surface area contributed by atoms with Gasteiger partial charge in [-0.2, -0.15) is 0 Å². The molecule has 2 heterocycles. The molecule has 0 amide bonds. The van der Waals surface area contributed by atoms with Gasteiger partial charge >= 0.3 is 11.9 Å². The molecular formula is C57H60O18Si. The van der Waals surface area contributed by atoms with Gasteiger partial charge in [-0.15, -0.1) is 0 Å². The molecule has 0 fully saturated rings. The Balaban J connectivity index is 0.000000224. The smallest absolute Gasteiger partial charge is 0.339 e. The molecule has 4 aromatic carbocycles. The van der Waals surface area contributed by atoms with E-state index in [0.717, 1.165) is 11.6 Å². The van der Waals surface area contributed by atoms with Crippen molar-refractivity contribution in [2.24, 2.45) is 0 Å². The largest absolute Gasteiger partial charge is 0.478 e. The summed E-state index contributed by atoms with van der Waals surface area (Å²) in [6.07, 6.45) is 6.50. The van der Waals surface area contributed by atoms with Crippen LogP contribution in [-0.2, 0) is 36.5 Å². The van der Waals surface area contributed by atoms with E-state index in [4.69, 9.17) is 51.5 Å². The zero-order valence-electron chi connectivity index (χ0n) is 44.3. The third-order valence-electron chi connectivity index (χ3n) is 13.0. The first-order valence-electron chi connectivity index (χ1n) is 24.1. The minimum Gasteiger partial charge on any atom is -0.478 e. The van der Waals surface area contributed by atoms with Crippen LogP contribution in [0.1, 0.15) is 85.9 Å². The number of carboxylic acid groups (broad SMARTS) is 1. The van der Waals surface area contributed by atoms with E-state index in [1.165, 1.54) is 47.0 Å². The fourth-order valence-electron chi connectivity index (χ4n) is 8.71. The number of aromatic carboxylic acids is 1. The number of Topliss-reactive ketones (excluding diaryl/α,β-unsaturated/α-hetero) is 2. The number of carbonyl (C=O) groups excluding carboxylic acids is 3. The molecule has 19 heteroatoms. The van der Waals surface area contributed by atoms with Crippen molar-refractivity contribution < 1.29 is 75.8 Å². The van der Waals surface area contributed by atoms with Crippen LogP contribution < -0.4 is 29.8 Å². The highest BCUT2D eigenvalue weighted by Crippen LogP contribution is 2.39. The number of aryl methyl sites for hydroxylation is 2. The number of carbonyl (C=O) groups is 4. The Kier molecular flexibility index (Phi) is 17.6. The normalized spacial score (nSPS) is 13.0. The Bertz CT molecular complexity index is 3460. The van der Waals surface area contributed by atoms with Crippen molar-refractivity contribution in [3.63, 3.8) is 0 Å². The molecule has 0 unspecified atom stereocenters. The summed E-state index contributed by atoms with van der Waals surface area (Å²) in [5, 5.41) is 9.82. The number of carboxylic acids is 1. The molecule has 2 aliphatic carbocycles. The van der Waals surface area contributed by atoms with Crippen LogP contribution in [0.3, 0.4) is 0 Å². The van der Waals surface area contributed by atoms with Gasteiger partial charge in [-0.3, -0.25) is 19.2 Å². The Morgan fingerprint density at radius 2 is 0.934 bits per heavy atom. The van der Waals surface area contributed by atoms with Crippen LogP contribution in [0.15, 0.2) is 79.5 Å². The number of benzene rings is 4. The average Bonchev–Trinajstić information content (AvgIpc) is 3.37. The van der Waals surface area contributed by atoms with Crippen molar-refractivity contribution in [2.75, 3.05) is 62.2 Å². The van der Waals surface area contributed by atoms with Gasteiger partial charge in [0.25, 0.3) is 0 Å². The molecule has 0 saturated heterocycles. The molecule has 0 saturated carbocycles. The quantitative estimate of drug-likeness (QED) is 0.0452. The Labute approximate surface area is 438 Å². The third kappa shape index (κ3) is 11.7. The Hall–Kier alpha value is -7.68. The predicted molar refractivity (Wildman–Crippen MR) is 284 cm³/mol. The maximum absolute atomic E-state index is 14.0. The van der Waals surface area contributed by atoms with E-state index in [-0.39, 0.29) is 101 Å². The monoisotopic (exact) mass is 1060 g/mol. The second kappa shape index (κ2) is 23.9. The van der Waals surface area contributed by atoms with E-state index in [2.05, 4.69) is 19.6 Å². The SMILES string of the molecule is COCOc1cc2c(cc1OCOC)C(=O)C(c1coc3cc(C)c(C)c(C(=O)O)c3c1=O)=CC2.COCOc1cc2c(cc1OCOC)C(=O)C(c1coc3cc(C)c(C)c(C(=O)OCC[Si](C)(C)C)c3c1=O)=CC2.